The van der Waals surface area contributed by atoms with Crippen molar-refractivity contribution in [3.05, 3.63) is 41.5 Å². The second-order valence-electron chi connectivity index (χ2n) is 7.27. The topological polar surface area (TPSA) is 89.1 Å². The molecule has 158 valence electrons. The van der Waals surface area contributed by atoms with Crippen LogP contribution in [-0.2, 0) is 11.3 Å². The highest BCUT2D eigenvalue weighted by Crippen LogP contribution is 2.37. The van der Waals surface area contributed by atoms with Crippen molar-refractivity contribution in [2.24, 2.45) is 0 Å². The van der Waals surface area contributed by atoms with Crippen molar-refractivity contribution in [1.29, 1.82) is 0 Å². The maximum absolute atomic E-state index is 12.8. The van der Waals surface area contributed by atoms with Crippen LogP contribution in [0.3, 0.4) is 0 Å². The average Bonchev–Trinajstić information content (AvgIpc) is 3.27. The van der Waals surface area contributed by atoms with E-state index in [9.17, 15) is 9.59 Å². The minimum atomic E-state index is -0.243. The number of ether oxygens (including phenoxy) is 3. The smallest absolute Gasteiger partial charge is 0.251 e. The van der Waals surface area contributed by atoms with Crippen molar-refractivity contribution < 1.29 is 23.8 Å². The molecule has 0 aromatic heterocycles. The second kappa shape index (κ2) is 8.14. The van der Waals surface area contributed by atoms with Gasteiger partial charge in [0.25, 0.3) is 5.91 Å². The summed E-state index contributed by atoms with van der Waals surface area (Å²) >= 11 is 0. The lowest BCUT2D eigenvalue weighted by Crippen LogP contribution is -2.44. The normalized spacial score (nSPS) is 17.0. The third-order valence-electron chi connectivity index (χ3n) is 5.61. The molecule has 1 saturated heterocycles. The number of fused-ring (bicyclic) bond motifs is 3. The number of hydrogen-bond donors (Lipinski definition) is 2. The number of carbonyl (C=O) groups is 2. The zero-order valence-electron chi connectivity index (χ0n) is 17.3. The molecule has 0 spiro atoms. The molecule has 1 fully saturated rings. The Balaban J connectivity index is 1.52. The predicted molar refractivity (Wildman–Crippen MR) is 113 cm³/mol. The fourth-order valence-corrected chi connectivity index (χ4v) is 4.08. The van der Waals surface area contributed by atoms with Crippen LogP contribution in [0.1, 0.15) is 28.8 Å². The largest absolute Gasteiger partial charge is 0.496 e. The van der Waals surface area contributed by atoms with Gasteiger partial charge in [0.2, 0.25) is 5.91 Å². The molecule has 8 nitrogen and oxygen atoms in total. The summed E-state index contributed by atoms with van der Waals surface area (Å²) in [4.78, 5) is 27.2. The fraction of sp³-hybridized carbons (Fsp3) is 0.364. The van der Waals surface area contributed by atoms with Gasteiger partial charge in [-0.15, -0.1) is 0 Å². The molecule has 2 heterocycles. The van der Waals surface area contributed by atoms with E-state index in [1.165, 1.54) is 0 Å². The number of hydrogen-bond acceptors (Lipinski definition) is 6. The molecular weight excluding hydrogens is 386 g/mol. The molecule has 2 aromatic carbocycles. The Bertz CT molecular complexity index is 991. The number of methoxy groups -OCH3 is 3. The highest BCUT2D eigenvalue weighted by molar-refractivity contribution is 6.06. The third kappa shape index (κ3) is 3.49. The quantitative estimate of drug-likeness (QED) is 0.760. The fourth-order valence-electron chi connectivity index (χ4n) is 4.08. The summed E-state index contributed by atoms with van der Waals surface area (Å²) in [5.41, 5.74) is 2.88. The Hall–Kier alpha value is -3.42. The van der Waals surface area contributed by atoms with Crippen molar-refractivity contribution in [2.75, 3.05) is 38.1 Å². The van der Waals surface area contributed by atoms with Gasteiger partial charge in [0.15, 0.2) is 11.5 Å². The van der Waals surface area contributed by atoms with Gasteiger partial charge >= 0.3 is 0 Å². The molecule has 2 N–H and O–H groups in total. The van der Waals surface area contributed by atoms with Gasteiger partial charge < -0.3 is 29.7 Å². The van der Waals surface area contributed by atoms with Crippen molar-refractivity contribution in [1.82, 2.24) is 5.32 Å². The Morgan fingerprint density at radius 1 is 1.10 bits per heavy atom. The lowest BCUT2D eigenvalue weighted by atomic mass is 10.1. The minimum Gasteiger partial charge on any atom is -0.496 e. The van der Waals surface area contributed by atoms with Gasteiger partial charge in [-0.1, -0.05) is 0 Å². The first kappa shape index (κ1) is 19.9. The van der Waals surface area contributed by atoms with Crippen molar-refractivity contribution in [3.63, 3.8) is 0 Å². The highest BCUT2D eigenvalue weighted by Gasteiger charge is 2.36. The van der Waals surface area contributed by atoms with Crippen LogP contribution in [0, 0.1) is 0 Å². The molecule has 0 bridgehead atoms. The van der Waals surface area contributed by atoms with Crippen LogP contribution in [0.15, 0.2) is 30.3 Å². The van der Waals surface area contributed by atoms with Crippen LogP contribution in [0.4, 0.5) is 11.4 Å². The van der Waals surface area contributed by atoms with E-state index in [1.54, 1.807) is 45.6 Å². The maximum atomic E-state index is 12.8. The monoisotopic (exact) mass is 411 g/mol. The van der Waals surface area contributed by atoms with Gasteiger partial charge in [-0.3, -0.25) is 9.59 Å². The molecule has 0 saturated carbocycles. The van der Waals surface area contributed by atoms with Crippen LogP contribution in [0.25, 0.3) is 0 Å². The van der Waals surface area contributed by atoms with E-state index in [0.717, 1.165) is 30.6 Å². The third-order valence-corrected chi connectivity index (χ3v) is 5.61. The molecule has 0 radical (unpaired) electrons. The molecule has 2 aromatic rings. The molecule has 2 aliphatic rings. The second-order valence-corrected chi connectivity index (χ2v) is 7.27. The Labute approximate surface area is 175 Å². The first-order chi connectivity index (χ1) is 14.5. The van der Waals surface area contributed by atoms with E-state index in [4.69, 9.17) is 14.2 Å². The predicted octanol–water partition coefficient (Wildman–Crippen LogP) is 2.56. The van der Waals surface area contributed by atoms with Crippen LogP contribution in [0.2, 0.25) is 0 Å². The molecular formula is C22H25N3O5. The average molecular weight is 411 g/mol. The van der Waals surface area contributed by atoms with Crippen LogP contribution < -0.4 is 29.7 Å². The maximum Gasteiger partial charge on any atom is 0.251 e. The van der Waals surface area contributed by atoms with E-state index in [0.29, 0.717) is 28.5 Å². The van der Waals surface area contributed by atoms with Crippen LogP contribution in [-0.4, -0.2) is 45.7 Å². The SMILES string of the molecule is COc1cc(OC)c(OC)cc1CNC(=O)c1ccc2c(c1)NC(=O)[C@@H]1CCCN21. The molecule has 30 heavy (non-hydrogen) atoms. The van der Waals surface area contributed by atoms with Crippen LogP contribution >= 0.6 is 0 Å². The number of nitrogens with one attached hydrogen (secondary N) is 2. The molecule has 8 heteroatoms. The molecule has 0 aliphatic carbocycles. The summed E-state index contributed by atoms with van der Waals surface area (Å²) in [5, 5.41) is 5.84. The van der Waals surface area contributed by atoms with Crippen LogP contribution in [0.5, 0.6) is 17.2 Å². The van der Waals surface area contributed by atoms with E-state index in [2.05, 4.69) is 15.5 Å². The Morgan fingerprint density at radius 3 is 2.57 bits per heavy atom. The summed E-state index contributed by atoms with van der Waals surface area (Å²) in [6.45, 7) is 1.11. The molecule has 4 rings (SSSR count). The summed E-state index contributed by atoms with van der Waals surface area (Å²) in [7, 11) is 4.67. The van der Waals surface area contributed by atoms with Crippen molar-refractivity contribution in [2.45, 2.75) is 25.4 Å². The zero-order chi connectivity index (χ0) is 21.3. The highest BCUT2D eigenvalue weighted by atomic mass is 16.5. The number of anilines is 2. The van der Waals surface area contributed by atoms with E-state index in [1.807, 2.05) is 6.07 Å². The van der Waals surface area contributed by atoms with Gasteiger partial charge in [-0.25, -0.2) is 0 Å². The number of nitrogens with zero attached hydrogens (tertiary/aromatic N) is 1. The summed E-state index contributed by atoms with van der Waals surface area (Å²) in [5.74, 6) is 1.44. The lowest BCUT2D eigenvalue weighted by Gasteiger charge is -2.33. The van der Waals surface area contributed by atoms with Crippen molar-refractivity contribution >= 4 is 23.2 Å². The number of benzene rings is 2. The van der Waals surface area contributed by atoms with Gasteiger partial charge in [0, 0.05) is 30.3 Å². The first-order valence-electron chi connectivity index (χ1n) is 9.84. The standard InChI is InChI=1S/C22H25N3O5/c1-28-18-11-20(30-3)19(29-2)10-14(18)12-23-21(26)13-6-7-16-15(9-13)24-22(27)17-5-4-8-25(16)17/h6-7,9-11,17H,4-5,8,12H2,1-3H3,(H,23,26)(H,24,27)/t17-/m0/s1. The Morgan fingerprint density at radius 2 is 1.83 bits per heavy atom. The van der Waals surface area contributed by atoms with E-state index >= 15 is 0 Å². The molecule has 1 atom stereocenters. The summed E-state index contributed by atoms with van der Waals surface area (Å²) in [6.07, 6.45) is 1.85. The lowest BCUT2D eigenvalue weighted by molar-refractivity contribution is -0.117. The molecule has 2 amide bonds. The zero-order valence-corrected chi connectivity index (χ0v) is 17.3. The van der Waals surface area contributed by atoms with Gasteiger partial charge in [-0.05, 0) is 37.1 Å². The van der Waals surface area contributed by atoms with E-state index in [-0.39, 0.29) is 24.4 Å². The first-order valence-corrected chi connectivity index (χ1v) is 9.84. The molecule has 2 aliphatic heterocycles. The van der Waals surface area contributed by atoms with Gasteiger partial charge in [0.05, 0.1) is 32.7 Å². The Kier molecular flexibility index (Phi) is 5.39. The van der Waals surface area contributed by atoms with Gasteiger partial charge in [-0.2, -0.15) is 0 Å². The number of amides is 2. The number of rotatable bonds is 6. The minimum absolute atomic E-state index is 0.00683. The van der Waals surface area contributed by atoms with Gasteiger partial charge in [0.1, 0.15) is 11.8 Å². The summed E-state index contributed by atoms with van der Waals surface area (Å²) < 4.78 is 16.0. The molecule has 0 unspecified atom stereocenters. The van der Waals surface area contributed by atoms with Crippen molar-refractivity contribution in [3.8, 4) is 17.2 Å². The number of carbonyl (C=O) groups excluding carboxylic acids is 2. The van der Waals surface area contributed by atoms with E-state index < -0.39 is 0 Å². The summed E-state index contributed by atoms with van der Waals surface area (Å²) in [6, 6.07) is 8.81.